The maximum Gasteiger partial charge on any atom is 0.311 e. The van der Waals surface area contributed by atoms with Crippen LogP contribution in [0.5, 0.6) is 5.75 Å². The number of hydrogen-bond acceptors (Lipinski definition) is 3. The molecule has 1 aromatic carbocycles. The number of hydrogen-bond donors (Lipinski definition) is 3. The first-order valence-electron chi connectivity index (χ1n) is 5.84. The summed E-state index contributed by atoms with van der Waals surface area (Å²) in [5.41, 5.74) is -0.375. The minimum Gasteiger partial charge on any atom is -0.508 e. The van der Waals surface area contributed by atoms with Gasteiger partial charge in [0.05, 0.1) is 5.41 Å². The van der Waals surface area contributed by atoms with Crippen LogP contribution in [0.2, 0.25) is 0 Å². The van der Waals surface area contributed by atoms with Crippen molar-refractivity contribution in [1.29, 1.82) is 0 Å². The number of aliphatic carboxylic acids is 1. The first-order chi connectivity index (χ1) is 8.53. The van der Waals surface area contributed by atoms with Gasteiger partial charge in [-0.2, -0.15) is 0 Å². The van der Waals surface area contributed by atoms with Crippen LogP contribution in [0.4, 0.5) is 0 Å². The van der Waals surface area contributed by atoms with Crippen molar-refractivity contribution in [3.8, 4) is 5.75 Å². The van der Waals surface area contributed by atoms with Gasteiger partial charge in [0, 0.05) is 12.1 Å². The summed E-state index contributed by atoms with van der Waals surface area (Å²) in [6.07, 6.45) is 2.11. The van der Waals surface area contributed by atoms with E-state index in [0.717, 1.165) is 6.42 Å². The summed E-state index contributed by atoms with van der Waals surface area (Å²) in [6.45, 7) is 0.155. The monoisotopic (exact) mass is 249 g/mol. The Morgan fingerprint density at radius 1 is 1.22 bits per heavy atom. The third-order valence-corrected chi connectivity index (χ3v) is 3.48. The van der Waals surface area contributed by atoms with Crippen LogP contribution in [-0.2, 0) is 4.79 Å². The summed E-state index contributed by atoms with van der Waals surface area (Å²) in [5.74, 6) is -1.07. The van der Waals surface area contributed by atoms with Crippen LogP contribution in [0, 0.1) is 5.41 Å². The Kier molecular flexibility index (Phi) is 3.23. The molecule has 1 aliphatic rings. The summed E-state index contributed by atoms with van der Waals surface area (Å²) in [5, 5.41) is 20.9. The molecular weight excluding hydrogens is 234 g/mol. The molecule has 0 atom stereocenters. The van der Waals surface area contributed by atoms with Gasteiger partial charge < -0.3 is 15.5 Å². The van der Waals surface area contributed by atoms with Gasteiger partial charge in [0.2, 0.25) is 0 Å². The van der Waals surface area contributed by atoms with Gasteiger partial charge in [0.15, 0.2) is 0 Å². The molecule has 3 N–H and O–H groups in total. The maximum absolute atomic E-state index is 11.8. The quantitative estimate of drug-likeness (QED) is 0.752. The summed E-state index contributed by atoms with van der Waals surface area (Å²) in [6, 6.07) is 5.84. The number of carboxylic acids is 1. The number of nitrogens with one attached hydrogen (secondary N) is 1. The highest BCUT2D eigenvalue weighted by Gasteiger charge is 2.44. The van der Waals surface area contributed by atoms with Crippen molar-refractivity contribution in [1.82, 2.24) is 5.32 Å². The Bertz CT molecular complexity index is 462. The molecule has 5 heteroatoms. The van der Waals surface area contributed by atoms with Crippen LogP contribution in [0.15, 0.2) is 24.3 Å². The van der Waals surface area contributed by atoms with Crippen molar-refractivity contribution in [2.75, 3.05) is 6.54 Å². The van der Waals surface area contributed by atoms with Crippen molar-refractivity contribution in [3.63, 3.8) is 0 Å². The lowest BCUT2D eigenvalue weighted by Gasteiger charge is -2.37. The Balaban J connectivity index is 1.96. The lowest BCUT2D eigenvalue weighted by Crippen LogP contribution is -2.47. The van der Waals surface area contributed by atoms with Gasteiger partial charge in [-0.15, -0.1) is 0 Å². The van der Waals surface area contributed by atoms with Crippen molar-refractivity contribution in [2.24, 2.45) is 5.41 Å². The van der Waals surface area contributed by atoms with Gasteiger partial charge in [-0.05, 0) is 37.1 Å². The molecule has 0 radical (unpaired) electrons. The Hall–Kier alpha value is -2.04. The van der Waals surface area contributed by atoms with E-state index in [1.807, 2.05) is 0 Å². The summed E-state index contributed by atoms with van der Waals surface area (Å²) in [7, 11) is 0. The Labute approximate surface area is 104 Å². The van der Waals surface area contributed by atoms with Crippen molar-refractivity contribution < 1.29 is 19.8 Å². The number of carboxylic acid groups (broad SMARTS) is 1. The summed E-state index contributed by atoms with van der Waals surface area (Å²) >= 11 is 0. The molecule has 96 valence electrons. The molecule has 0 unspecified atom stereocenters. The van der Waals surface area contributed by atoms with Crippen LogP contribution < -0.4 is 5.32 Å². The van der Waals surface area contributed by atoms with E-state index < -0.39 is 11.4 Å². The molecule has 1 amide bonds. The average molecular weight is 249 g/mol. The SMILES string of the molecule is O=C(NCC1(C(=O)O)CCC1)c1ccc(O)cc1. The second kappa shape index (κ2) is 4.68. The van der Waals surface area contributed by atoms with Crippen LogP contribution in [0.1, 0.15) is 29.6 Å². The third kappa shape index (κ3) is 2.30. The molecule has 1 saturated carbocycles. The molecule has 0 aromatic heterocycles. The van der Waals surface area contributed by atoms with Crippen LogP contribution >= 0.6 is 0 Å². The highest BCUT2D eigenvalue weighted by atomic mass is 16.4. The molecule has 0 saturated heterocycles. The number of carbonyl (C=O) groups is 2. The van der Waals surface area contributed by atoms with E-state index in [2.05, 4.69) is 5.32 Å². The van der Waals surface area contributed by atoms with Gasteiger partial charge in [0.25, 0.3) is 5.91 Å². The first-order valence-corrected chi connectivity index (χ1v) is 5.84. The molecule has 1 fully saturated rings. The van der Waals surface area contributed by atoms with E-state index >= 15 is 0 Å². The number of phenols is 1. The zero-order valence-corrected chi connectivity index (χ0v) is 9.85. The minimum absolute atomic E-state index is 0.0903. The smallest absolute Gasteiger partial charge is 0.311 e. The molecule has 5 nitrogen and oxygen atoms in total. The van der Waals surface area contributed by atoms with Crippen molar-refractivity contribution in [2.45, 2.75) is 19.3 Å². The number of phenolic OH excluding ortho intramolecular Hbond substituents is 1. The fourth-order valence-corrected chi connectivity index (χ4v) is 2.03. The molecule has 0 heterocycles. The molecule has 0 spiro atoms. The molecule has 0 bridgehead atoms. The van der Waals surface area contributed by atoms with Crippen molar-refractivity contribution in [3.05, 3.63) is 29.8 Å². The van der Waals surface area contributed by atoms with E-state index in [-0.39, 0.29) is 18.2 Å². The lowest BCUT2D eigenvalue weighted by molar-refractivity contribution is -0.153. The largest absolute Gasteiger partial charge is 0.508 e. The number of benzene rings is 1. The summed E-state index contributed by atoms with van der Waals surface area (Å²) in [4.78, 5) is 22.9. The molecular formula is C13H15NO4. The van der Waals surface area contributed by atoms with Crippen LogP contribution in [0.25, 0.3) is 0 Å². The van der Waals surface area contributed by atoms with Crippen LogP contribution in [0.3, 0.4) is 0 Å². The van der Waals surface area contributed by atoms with E-state index in [1.165, 1.54) is 24.3 Å². The van der Waals surface area contributed by atoms with Gasteiger partial charge in [-0.25, -0.2) is 0 Å². The van der Waals surface area contributed by atoms with Crippen molar-refractivity contribution >= 4 is 11.9 Å². The standard InChI is InChI=1S/C13H15NO4/c15-10-4-2-9(3-5-10)11(16)14-8-13(12(17)18)6-1-7-13/h2-5,15H,1,6-8H2,(H,14,16)(H,17,18). The van der Waals surface area contributed by atoms with Crippen LogP contribution in [-0.4, -0.2) is 28.6 Å². The molecule has 2 rings (SSSR count). The predicted molar refractivity (Wildman–Crippen MR) is 64.4 cm³/mol. The number of aromatic hydroxyl groups is 1. The zero-order valence-electron chi connectivity index (χ0n) is 9.85. The minimum atomic E-state index is -0.847. The lowest BCUT2D eigenvalue weighted by atomic mass is 9.69. The second-order valence-corrected chi connectivity index (χ2v) is 4.67. The fourth-order valence-electron chi connectivity index (χ4n) is 2.03. The Morgan fingerprint density at radius 3 is 2.28 bits per heavy atom. The van der Waals surface area contributed by atoms with Gasteiger partial charge >= 0.3 is 5.97 Å². The highest BCUT2D eigenvalue weighted by molar-refractivity contribution is 5.94. The molecule has 1 aromatic rings. The number of rotatable bonds is 4. The van der Waals surface area contributed by atoms with Gasteiger partial charge in [-0.3, -0.25) is 9.59 Å². The van der Waals surface area contributed by atoms with E-state index in [0.29, 0.717) is 18.4 Å². The molecule has 1 aliphatic carbocycles. The number of amides is 1. The topological polar surface area (TPSA) is 86.6 Å². The van der Waals surface area contributed by atoms with E-state index in [1.54, 1.807) is 0 Å². The first kappa shape index (κ1) is 12.4. The zero-order chi connectivity index (χ0) is 13.2. The van der Waals surface area contributed by atoms with E-state index in [4.69, 9.17) is 10.2 Å². The predicted octanol–water partition coefficient (Wildman–Crippen LogP) is 1.38. The Morgan fingerprint density at radius 2 is 1.83 bits per heavy atom. The van der Waals surface area contributed by atoms with Gasteiger partial charge in [-0.1, -0.05) is 6.42 Å². The average Bonchev–Trinajstić information content (AvgIpc) is 2.27. The van der Waals surface area contributed by atoms with Gasteiger partial charge in [0.1, 0.15) is 5.75 Å². The summed E-state index contributed by atoms with van der Waals surface area (Å²) < 4.78 is 0. The fraction of sp³-hybridized carbons (Fsp3) is 0.385. The normalized spacial score (nSPS) is 16.7. The molecule has 0 aliphatic heterocycles. The third-order valence-electron chi connectivity index (χ3n) is 3.48. The van der Waals surface area contributed by atoms with E-state index in [9.17, 15) is 9.59 Å². The molecule has 18 heavy (non-hydrogen) atoms. The maximum atomic E-state index is 11.8. The highest BCUT2D eigenvalue weighted by Crippen LogP contribution is 2.40. The number of carbonyl (C=O) groups excluding carboxylic acids is 1. The second-order valence-electron chi connectivity index (χ2n) is 4.67.